The first-order valence-electron chi connectivity index (χ1n) is 4.18. The quantitative estimate of drug-likeness (QED) is 0.361. The van der Waals surface area contributed by atoms with E-state index in [9.17, 15) is 4.79 Å². The molecule has 0 saturated carbocycles. The molecule has 0 aromatic carbocycles. The molecule has 0 rings (SSSR count). The molecule has 0 spiro atoms. The molecule has 13 heavy (non-hydrogen) atoms. The molecule has 0 unspecified atom stereocenters. The lowest BCUT2D eigenvalue weighted by Crippen LogP contribution is -2.42. The minimum atomic E-state index is -0.483. The maximum atomic E-state index is 11.2. The normalized spacial score (nSPS) is 11.2. The van der Waals surface area contributed by atoms with E-state index < -0.39 is 11.7 Å². The van der Waals surface area contributed by atoms with Gasteiger partial charge in [-0.2, -0.15) is 0 Å². The summed E-state index contributed by atoms with van der Waals surface area (Å²) < 4.78 is 5.04. The van der Waals surface area contributed by atoms with Crippen LogP contribution in [-0.2, 0) is 4.74 Å². The Kier molecular flexibility index (Phi) is 5.32. The van der Waals surface area contributed by atoms with Crippen LogP contribution in [0.3, 0.4) is 0 Å². The zero-order chi connectivity index (χ0) is 10.5. The summed E-state index contributed by atoms with van der Waals surface area (Å²) in [5.74, 6) is 5.45. The number of halogens is 1. The van der Waals surface area contributed by atoms with Crippen LogP contribution in [0.2, 0.25) is 0 Å². The third-order valence-electron chi connectivity index (χ3n) is 1.16. The molecule has 0 heterocycles. The Labute approximate surface area is 87.5 Å². The second kappa shape index (κ2) is 5.44. The monoisotopic (exact) mass is 252 g/mol. The lowest BCUT2D eigenvalue weighted by molar-refractivity contribution is 0.0249. The predicted octanol–water partition coefficient (Wildman–Crippen LogP) is 1.88. The number of carbonyl (C=O) groups excluding carboxylic acids is 1. The molecule has 1 amide bonds. The van der Waals surface area contributed by atoms with E-state index in [-0.39, 0.29) is 0 Å². The minimum Gasteiger partial charge on any atom is -0.443 e. The van der Waals surface area contributed by atoms with Crippen molar-refractivity contribution in [1.29, 1.82) is 0 Å². The van der Waals surface area contributed by atoms with Crippen LogP contribution in [-0.4, -0.2) is 28.6 Å². The van der Waals surface area contributed by atoms with Gasteiger partial charge in [-0.1, -0.05) is 15.9 Å². The van der Waals surface area contributed by atoms with Crippen LogP contribution < -0.4 is 5.84 Å². The SMILES string of the molecule is CC(C)(C)OC(=O)N(N)CCCBr. The molecule has 0 aliphatic heterocycles. The molecule has 0 bridgehead atoms. The Morgan fingerprint density at radius 1 is 1.54 bits per heavy atom. The van der Waals surface area contributed by atoms with Crippen molar-refractivity contribution in [2.75, 3.05) is 11.9 Å². The Morgan fingerprint density at radius 3 is 2.46 bits per heavy atom. The van der Waals surface area contributed by atoms with Gasteiger partial charge in [0.2, 0.25) is 0 Å². The summed E-state index contributed by atoms with van der Waals surface area (Å²) in [5, 5.41) is 1.91. The number of carbonyl (C=O) groups is 1. The fourth-order valence-corrected chi connectivity index (χ4v) is 0.893. The maximum absolute atomic E-state index is 11.2. The zero-order valence-corrected chi connectivity index (χ0v) is 9.93. The first kappa shape index (κ1) is 12.7. The highest BCUT2D eigenvalue weighted by molar-refractivity contribution is 9.09. The van der Waals surface area contributed by atoms with Crippen molar-refractivity contribution in [3.05, 3.63) is 0 Å². The van der Waals surface area contributed by atoms with Gasteiger partial charge in [0.1, 0.15) is 5.60 Å². The van der Waals surface area contributed by atoms with Gasteiger partial charge in [-0.05, 0) is 27.2 Å². The molecule has 78 valence electrons. The first-order valence-corrected chi connectivity index (χ1v) is 5.30. The highest BCUT2D eigenvalue weighted by Crippen LogP contribution is 2.08. The molecule has 0 aliphatic rings. The van der Waals surface area contributed by atoms with Gasteiger partial charge in [-0.3, -0.25) is 0 Å². The molecular weight excluding hydrogens is 236 g/mol. The van der Waals surface area contributed by atoms with Crippen LogP contribution in [0.15, 0.2) is 0 Å². The van der Waals surface area contributed by atoms with Crippen molar-refractivity contribution in [2.24, 2.45) is 5.84 Å². The van der Waals surface area contributed by atoms with Crippen LogP contribution in [0.25, 0.3) is 0 Å². The number of nitrogens with zero attached hydrogens (tertiary/aromatic N) is 1. The van der Waals surface area contributed by atoms with Crippen molar-refractivity contribution in [2.45, 2.75) is 32.8 Å². The van der Waals surface area contributed by atoms with Gasteiger partial charge in [0.15, 0.2) is 0 Å². The van der Waals surface area contributed by atoms with Gasteiger partial charge < -0.3 is 4.74 Å². The second-order valence-electron chi connectivity index (χ2n) is 3.72. The van der Waals surface area contributed by atoms with E-state index in [1.54, 1.807) is 0 Å². The van der Waals surface area contributed by atoms with E-state index in [0.717, 1.165) is 16.8 Å². The molecule has 0 atom stereocenters. The van der Waals surface area contributed by atoms with Crippen LogP contribution in [0, 0.1) is 0 Å². The molecule has 0 aromatic heterocycles. The molecule has 0 saturated heterocycles. The van der Waals surface area contributed by atoms with Crippen LogP contribution in [0.5, 0.6) is 0 Å². The summed E-state index contributed by atoms with van der Waals surface area (Å²) in [6.07, 6.45) is 0.337. The van der Waals surface area contributed by atoms with Gasteiger partial charge in [0.05, 0.1) is 0 Å². The smallest absolute Gasteiger partial charge is 0.424 e. The molecule has 0 aromatic rings. The third-order valence-corrected chi connectivity index (χ3v) is 1.72. The van der Waals surface area contributed by atoms with Crippen molar-refractivity contribution < 1.29 is 9.53 Å². The summed E-state index contributed by atoms with van der Waals surface area (Å²) in [4.78, 5) is 11.2. The van der Waals surface area contributed by atoms with Crippen LogP contribution >= 0.6 is 15.9 Å². The number of hydrogen-bond acceptors (Lipinski definition) is 3. The van der Waals surface area contributed by atoms with E-state index >= 15 is 0 Å². The van der Waals surface area contributed by atoms with E-state index in [2.05, 4.69) is 15.9 Å². The third kappa shape index (κ3) is 6.83. The molecule has 2 N–H and O–H groups in total. The van der Waals surface area contributed by atoms with E-state index in [0.29, 0.717) is 6.54 Å². The summed E-state index contributed by atoms with van der Waals surface area (Å²) in [6, 6.07) is 0. The summed E-state index contributed by atoms with van der Waals surface area (Å²) >= 11 is 3.25. The topological polar surface area (TPSA) is 55.6 Å². The highest BCUT2D eigenvalue weighted by Gasteiger charge is 2.19. The van der Waals surface area contributed by atoms with Crippen molar-refractivity contribution in [3.63, 3.8) is 0 Å². The molecule has 5 heteroatoms. The largest absolute Gasteiger partial charge is 0.443 e. The number of rotatable bonds is 3. The predicted molar refractivity (Wildman–Crippen MR) is 55.5 cm³/mol. The Balaban J connectivity index is 3.83. The first-order chi connectivity index (χ1) is 5.87. The number of alkyl halides is 1. The fraction of sp³-hybridized carbons (Fsp3) is 0.875. The molecular formula is C8H17BrN2O2. The molecule has 0 radical (unpaired) electrons. The van der Waals surface area contributed by atoms with Crippen molar-refractivity contribution >= 4 is 22.0 Å². The lowest BCUT2D eigenvalue weighted by atomic mass is 10.2. The number of ether oxygens (including phenoxy) is 1. The minimum absolute atomic E-state index is 0.478. The van der Waals surface area contributed by atoms with E-state index in [1.165, 1.54) is 0 Å². The van der Waals surface area contributed by atoms with Crippen molar-refractivity contribution in [1.82, 2.24) is 5.01 Å². The highest BCUT2D eigenvalue weighted by atomic mass is 79.9. The average molecular weight is 253 g/mol. The Morgan fingerprint density at radius 2 is 2.08 bits per heavy atom. The second-order valence-corrected chi connectivity index (χ2v) is 4.51. The van der Waals surface area contributed by atoms with E-state index in [1.807, 2.05) is 20.8 Å². The van der Waals surface area contributed by atoms with Gasteiger partial charge in [0, 0.05) is 11.9 Å². The number of amides is 1. The summed E-state index contributed by atoms with van der Waals surface area (Å²) in [6.45, 7) is 5.93. The van der Waals surface area contributed by atoms with Gasteiger partial charge in [0.25, 0.3) is 0 Å². The molecule has 0 fully saturated rings. The lowest BCUT2D eigenvalue weighted by Gasteiger charge is -2.23. The number of hydrazine groups is 1. The number of hydrogen-bond donors (Lipinski definition) is 1. The molecule has 4 nitrogen and oxygen atoms in total. The summed E-state index contributed by atoms with van der Waals surface area (Å²) in [7, 11) is 0. The summed E-state index contributed by atoms with van der Waals surface area (Å²) in [5.41, 5.74) is -0.483. The number of nitrogens with two attached hydrogens (primary N) is 1. The maximum Gasteiger partial charge on any atom is 0.424 e. The fourth-order valence-electron chi connectivity index (χ4n) is 0.642. The van der Waals surface area contributed by atoms with Crippen molar-refractivity contribution in [3.8, 4) is 0 Å². The van der Waals surface area contributed by atoms with Crippen LogP contribution in [0.4, 0.5) is 4.79 Å². The standard InChI is InChI=1S/C8H17BrN2O2/c1-8(2,3)13-7(12)11(10)6-4-5-9/h4-6,10H2,1-3H3. The van der Waals surface area contributed by atoms with Crippen LogP contribution in [0.1, 0.15) is 27.2 Å². The Bertz CT molecular complexity index is 168. The van der Waals surface area contributed by atoms with Gasteiger partial charge in [-0.15, -0.1) is 0 Å². The van der Waals surface area contributed by atoms with Gasteiger partial charge in [-0.25, -0.2) is 15.6 Å². The zero-order valence-electron chi connectivity index (χ0n) is 8.34. The molecule has 0 aliphatic carbocycles. The average Bonchev–Trinajstić information content (AvgIpc) is 1.96. The Hall–Kier alpha value is -0.290. The van der Waals surface area contributed by atoms with E-state index in [4.69, 9.17) is 10.6 Å². The van der Waals surface area contributed by atoms with Gasteiger partial charge >= 0.3 is 6.09 Å².